The van der Waals surface area contributed by atoms with Gasteiger partial charge >= 0.3 is 0 Å². The molecule has 23 heavy (non-hydrogen) atoms. The largest absolute Gasteiger partial charge is 0.344 e. The molecule has 0 spiro atoms. The van der Waals surface area contributed by atoms with Gasteiger partial charge in [-0.3, -0.25) is 9.98 Å². The molecule has 0 aliphatic carbocycles. The van der Waals surface area contributed by atoms with E-state index in [4.69, 9.17) is 0 Å². The molecule has 0 aromatic carbocycles. The number of hydrogen-bond acceptors (Lipinski definition) is 4. The number of nitrogens with one attached hydrogen (secondary N) is 1. The summed E-state index contributed by atoms with van der Waals surface area (Å²) in [6, 6.07) is 5.71. The third kappa shape index (κ3) is 5.29. The molecule has 2 aromatic rings. The van der Waals surface area contributed by atoms with Crippen LogP contribution in [0.3, 0.4) is 0 Å². The number of nitrogens with zero attached hydrogens (tertiary/aromatic N) is 4. The molecule has 2 heterocycles. The van der Waals surface area contributed by atoms with E-state index < -0.39 is 0 Å². The molecule has 0 aliphatic rings. The van der Waals surface area contributed by atoms with E-state index in [1.807, 2.05) is 18.2 Å². The SMILES string of the molecule is C=C(N/C(=N/C)C(C)CCCc1ncccn1)c1cccnc1. The van der Waals surface area contributed by atoms with Gasteiger partial charge in [0.1, 0.15) is 11.7 Å². The number of hydrogen-bond donors (Lipinski definition) is 1. The van der Waals surface area contributed by atoms with Crippen LogP contribution in [0.1, 0.15) is 31.2 Å². The lowest BCUT2D eigenvalue weighted by Gasteiger charge is -2.17. The monoisotopic (exact) mass is 309 g/mol. The summed E-state index contributed by atoms with van der Waals surface area (Å²) in [6.07, 6.45) is 10.0. The van der Waals surface area contributed by atoms with Crippen molar-refractivity contribution in [1.29, 1.82) is 0 Å². The standard InChI is InChI=1S/C18H23N5/c1-14(7-4-9-17-21-11-6-12-22-17)18(19-3)23-15(2)16-8-5-10-20-13-16/h5-6,8,10-14H,2,4,7,9H2,1,3H3,(H,19,23). The zero-order chi connectivity index (χ0) is 16.5. The highest BCUT2D eigenvalue weighted by Gasteiger charge is 2.12. The highest BCUT2D eigenvalue weighted by atomic mass is 15.0. The van der Waals surface area contributed by atoms with Gasteiger partial charge in [-0.1, -0.05) is 13.5 Å². The van der Waals surface area contributed by atoms with Crippen LogP contribution in [-0.2, 0) is 6.42 Å². The van der Waals surface area contributed by atoms with E-state index >= 15 is 0 Å². The molecule has 2 rings (SSSR count). The summed E-state index contributed by atoms with van der Waals surface area (Å²) in [5.41, 5.74) is 1.79. The van der Waals surface area contributed by atoms with E-state index in [9.17, 15) is 0 Å². The molecular formula is C18H23N5. The molecule has 0 radical (unpaired) electrons. The summed E-state index contributed by atoms with van der Waals surface area (Å²) < 4.78 is 0. The maximum Gasteiger partial charge on any atom is 0.128 e. The van der Waals surface area contributed by atoms with E-state index in [1.165, 1.54) is 0 Å². The number of aryl methyl sites for hydroxylation is 1. The van der Waals surface area contributed by atoms with Crippen molar-refractivity contribution >= 4 is 11.5 Å². The lowest BCUT2D eigenvalue weighted by molar-refractivity contribution is 0.613. The van der Waals surface area contributed by atoms with Gasteiger partial charge < -0.3 is 5.32 Å². The molecule has 120 valence electrons. The molecule has 1 atom stereocenters. The Kier molecular flexibility index (Phi) is 6.41. The van der Waals surface area contributed by atoms with Gasteiger partial charge in [0.05, 0.1) is 0 Å². The Hall–Kier alpha value is -2.56. The van der Waals surface area contributed by atoms with Crippen LogP contribution in [0.25, 0.3) is 5.70 Å². The summed E-state index contributed by atoms with van der Waals surface area (Å²) in [6.45, 7) is 6.24. The zero-order valence-electron chi connectivity index (χ0n) is 13.7. The quantitative estimate of drug-likeness (QED) is 0.630. The molecule has 0 saturated heterocycles. The topological polar surface area (TPSA) is 63.1 Å². The Balaban J connectivity index is 1.84. The Morgan fingerprint density at radius 1 is 1.26 bits per heavy atom. The highest BCUT2D eigenvalue weighted by molar-refractivity contribution is 5.91. The second kappa shape index (κ2) is 8.78. The van der Waals surface area contributed by atoms with E-state index in [1.54, 1.807) is 31.8 Å². The molecule has 1 unspecified atom stereocenters. The van der Waals surface area contributed by atoms with E-state index in [0.29, 0.717) is 5.92 Å². The van der Waals surface area contributed by atoms with Crippen LogP contribution in [-0.4, -0.2) is 27.8 Å². The van der Waals surface area contributed by atoms with Crippen LogP contribution in [0.2, 0.25) is 0 Å². The molecule has 5 nitrogen and oxygen atoms in total. The Labute approximate surface area is 137 Å². The molecule has 0 fully saturated rings. The van der Waals surface area contributed by atoms with Gasteiger partial charge in [-0.05, 0) is 31.0 Å². The predicted molar refractivity (Wildman–Crippen MR) is 93.9 cm³/mol. The summed E-state index contributed by atoms with van der Waals surface area (Å²) in [7, 11) is 1.80. The average Bonchev–Trinajstić information content (AvgIpc) is 2.61. The Morgan fingerprint density at radius 2 is 2.04 bits per heavy atom. The van der Waals surface area contributed by atoms with Gasteiger partial charge in [-0.15, -0.1) is 0 Å². The lowest BCUT2D eigenvalue weighted by atomic mass is 10.0. The maximum absolute atomic E-state index is 4.37. The van der Waals surface area contributed by atoms with E-state index in [2.05, 4.69) is 38.8 Å². The first kappa shape index (κ1) is 16.8. The van der Waals surface area contributed by atoms with Crippen LogP contribution in [0, 0.1) is 5.92 Å². The van der Waals surface area contributed by atoms with Crippen molar-refractivity contribution in [3.8, 4) is 0 Å². The molecule has 0 amide bonds. The third-order valence-corrected chi connectivity index (χ3v) is 3.65. The fraction of sp³-hybridized carbons (Fsp3) is 0.333. The molecule has 0 aliphatic heterocycles. The average molecular weight is 309 g/mol. The van der Waals surface area contributed by atoms with Crippen molar-refractivity contribution in [1.82, 2.24) is 20.3 Å². The van der Waals surface area contributed by atoms with Crippen molar-refractivity contribution in [3.05, 3.63) is 61.0 Å². The zero-order valence-corrected chi connectivity index (χ0v) is 13.7. The van der Waals surface area contributed by atoms with Gasteiger partial charge in [0.25, 0.3) is 0 Å². The van der Waals surface area contributed by atoms with Crippen LogP contribution in [0.15, 0.2) is 54.6 Å². The third-order valence-electron chi connectivity index (χ3n) is 3.65. The van der Waals surface area contributed by atoms with Crippen LogP contribution in [0.5, 0.6) is 0 Å². The molecule has 1 N–H and O–H groups in total. The van der Waals surface area contributed by atoms with Crippen molar-refractivity contribution < 1.29 is 0 Å². The normalized spacial score (nSPS) is 12.7. The summed E-state index contributed by atoms with van der Waals surface area (Å²) >= 11 is 0. The van der Waals surface area contributed by atoms with Crippen LogP contribution >= 0.6 is 0 Å². The molecular weight excluding hydrogens is 286 g/mol. The number of aromatic nitrogens is 3. The minimum Gasteiger partial charge on any atom is -0.344 e. The molecule has 2 aromatic heterocycles. The lowest BCUT2D eigenvalue weighted by Crippen LogP contribution is -2.28. The minimum atomic E-state index is 0.317. The van der Waals surface area contributed by atoms with Crippen molar-refractivity contribution in [2.75, 3.05) is 7.05 Å². The number of rotatable bonds is 7. The molecule has 5 heteroatoms. The van der Waals surface area contributed by atoms with E-state index in [0.717, 1.165) is 42.2 Å². The summed E-state index contributed by atoms with van der Waals surface area (Å²) in [5, 5.41) is 3.32. The number of amidine groups is 1. The smallest absolute Gasteiger partial charge is 0.128 e. The highest BCUT2D eigenvalue weighted by Crippen LogP contribution is 2.13. The van der Waals surface area contributed by atoms with E-state index in [-0.39, 0.29) is 0 Å². The predicted octanol–water partition coefficient (Wildman–Crippen LogP) is 3.12. The van der Waals surface area contributed by atoms with Crippen molar-refractivity contribution in [3.63, 3.8) is 0 Å². The van der Waals surface area contributed by atoms with Gasteiger partial charge in [-0.25, -0.2) is 9.97 Å². The fourth-order valence-corrected chi connectivity index (χ4v) is 2.33. The Morgan fingerprint density at radius 3 is 2.70 bits per heavy atom. The maximum atomic E-state index is 4.37. The van der Waals surface area contributed by atoms with Gasteiger partial charge in [0, 0.05) is 55.4 Å². The molecule has 0 saturated carbocycles. The first-order chi connectivity index (χ1) is 11.2. The minimum absolute atomic E-state index is 0.317. The second-order valence-electron chi connectivity index (χ2n) is 5.41. The summed E-state index contributed by atoms with van der Waals surface area (Å²) in [4.78, 5) is 17.0. The molecule has 0 bridgehead atoms. The second-order valence-corrected chi connectivity index (χ2v) is 5.41. The van der Waals surface area contributed by atoms with Gasteiger partial charge in [-0.2, -0.15) is 0 Å². The first-order valence-corrected chi connectivity index (χ1v) is 7.79. The van der Waals surface area contributed by atoms with Gasteiger partial charge in [0.2, 0.25) is 0 Å². The Bertz CT molecular complexity index is 637. The number of aliphatic imine (C=N–C) groups is 1. The van der Waals surface area contributed by atoms with Gasteiger partial charge in [0.15, 0.2) is 0 Å². The number of pyridine rings is 1. The summed E-state index contributed by atoms with van der Waals surface area (Å²) in [5.74, 6) is 2.15. The van der Waals surface area contributed by atoms with Crippen molar-refractivity contribution in [2.24, 2.45) is 10.9 Å². The van der Waals surface area contributed by atoms with Crippen LogP contribution < -0.4 is 5.32 Å². The fourth-order valence-electron chi connectivity index (χ4n) is 2.33. The first-order valence-electron chi connectivity index (χ1n) is 7.79. The van der Waals surface area contributed by atoms with Crippen molar-refractivity contribution in [2.45, 2.75) is 26.2 Å². The van der Waals surface area contributed by atoms with Crippen LogP contribution in [0.4, 0.5) is 0 Å².